The van der Waals surface area contributed by atoms with E-state index in [4.69, 9.17) is 21.1 Å². The Morgan fingerprint density at radius 3 is 2.33 bits per heavy atom. The summed E-state index contributed by atoms with van der Waals surface area (Å²) in [5.74, 6) is -1.75. The Kier molecular flexibility index (Phi) is 4.80. The van der Waals surface area contributed by atoms with Gasteiger partial charge in [0.05, 0.1) is 12.7 Å². The van der Waals surface area contributed by atoms with Gasteiger partial charge in [0.1, 0.15) is 6.04 Å². The van der Waals surface area contributed by atoms with Gasteiger partial charge in [0.15, 0.2) is 0 Å². The summed E-state index contributed by atoms with van der Waals surface area (Å²) in [5, 5.41) is 26.2. The molecule has 0 aromatic carbocycles. The molecule has 0 saturated carbocycles. The topological polar surface area (TPSA) is 104 Å². The average molecular weight is 177 g/mol. The van der Waals surface area contributed by atoms with E-state index in [1.807, 2.05) is 0 Å². The zero-order valence-electron chi connectivity index (χ0n) is 6.97. The van der Waals surface area contributed by atoms with E-state index in [1.54, 1.807) is 6.92 Å². The lowest BCUT2D eigenvalue weighted by atomic mass is 9.92. The fourth-order valence-electron chi connectivity index (χ4n) is 1.08. The van der Waals surface area contributed by atoms with Crippen LogP contribution in [-0.2, 0) is 4.79 Å². The number of hydrogen-bond acceptors (Lipinski definition) is 4. The lowest BCUT2D eigenvalue weighted by Crippen LogP contribution is -2.44. The molecule has 72 valence electrons. The maximum atomic E-state index is 10.4. The highest BCUT2D eigenvalue weighted by Gasteiger charge is 2.28. The van der Waals surface area contributed by atoms with Crippen molar-refractivity contribution in [2.45, 2.75) is 25.5 Å². The highest BCUT2D eigenvalue weighted by Crippen LogP contribution is 2.12. The molecule has 0 aliphatic rings. The first-order valence-electron chi connectivity index (χ1n) is 3.81. The molecule has 5 nitrogen and oxygen atoms in total. The molecule has 0 bridgehead atoms. The summed E-state index contributed by atoms with van der Waals surface area (Å²) < 4.78 is 0. The van der Waals surface area contributed by atoms with Crippen molar-refractivity contribution in [3.05, 3.63) is 0 Å². The Bertz CT molecular complexity index is 150. The maximum Gasteiger partial charge on any atom is 0.320 e. The largest absolute Gasteiger partial charge is 0.480 e. The minimum atomic E-state index is -1.16. The second kappa shape index (κ2) is 5.08. The Morgan fingerprint density at radius 2 is 2.08 bits per heavy atom. The van der Waals surface area contributed by atoms with Crippen LogP contribution in [0.4, 0.5) is 0 Å². The number of rotatable bonds is 5. The first-order valence-corrected chi connectivity index (χ1v) is 3.81. The zero-order chi connectivity index (χ0) is 9.72. The van der Waals surface area contributed by atoms with E-state index in [-0.39, 0.29) is 0 Å². The average Bonchev–Trinajstić information content (AvgIpc) is 2.05. The normalized spacial score (nSPS) is 18.3. The fraction of sp³-hybridized carbons (Fsp3) is 0.857. The van der Waals surface area contributed by atoms with Gasteiger partial charge >= 0.3 is 5.97 Å². The summed E-state index contributed by atoms with van der Waals surface area (Å²) in [6, 6.07) is -1.11. The van der Waals surface area contributed by atoms with Crippen molar-refractivity contribution in [1.29, 1.82) is 0 Å². The molecule has 0 aliphatic carbocycles. The van der Waals surface area contributed by atoms with Crippen LogP contribution in [0.5, 0.6) is 0 Å². The van der Waals surface area contributed by atoms with E-state index in [0.29, 0.717) is 6.42 Å². The van der Waals surface area contributed by atoms with Gasteiger partial charge in [0.2, 0.25) is 0 Å². The van der Waals surface area contributed by atoms with Crippen molar-refractivity contribution in [1.82, 2.24) is 0 Å². The van der Waals surface area contributed by atoms with Gasteiger partial charge in [-0.25, -0.2) is 0 Å². The Labute approximate surface area is 70.8 Å². The number of aliphatic hydroxyl groups excluding tert-OH is 2. The lowest BCUT2D eigenvalue weighted by molar-refractivity contribution is -0.141. The highest BCUT2D eigenvalue weighted by atomic mass is 16.4. The van der Waals surface area contributed by atoms with Crippen molar-refractivity contribution in [3.63, 3.8) is 0 Å². The molecule has 3 atom stereocenters. The van der Waals surface area contributed by atoms with Crippen LogP contribution in [0.1, 0.15) is 13.3 Å². The summed E-state index contributed by atoms with van der Waals surface area (Å²) in [6.45, 7) is 1.26. The van der Waals surface area contributed by atoms with E-state index in [9.17, 15) is 4.79 Å². The van der Waals surface area contributed by atoms with E-state index < -0.39 is 30.6 Å². The van der Waals surface area contributed by atoms with Gasteiger partial charge in [-0.05, 0) is 6.42 Å². The van der Waals surface area contributed by atoms with Crippen LogP contribution in [0, 0.1) is 5.92 Å². The van der Waals surface area contributed by atoms with Crippen molar-refractivity contribution in [2.75, 3.05) is 6.61 Å². The smallest absolute Gasteiger partial charge is 0.320 e. The summed E-state index contributed by atoms with van der Waals surface area (Å²) in [5.41, 5.74) is 5.28. The van der Waals surface area contributed by atoms with Crippen LogP contribution in [0.15, 0.2) is 0 Å². The van der Waals surface area contributed by atoms with E-state index in [0.717, 1.165) is 0 Å². The molecule has 0 aliphatic heterocycles. The quantitative estimate of drug-likeness (QED) is 0.421. The van der Waals surface area contributed by atoms with Crippen LogP contribution in [0.2, 0.25) is 0 Å². The molecular formula is C7H15NO4. The molecule has 0 aromatic rings. The van der Waals surface area contributed by atoms with Gasteiger partial charge in [0.25, 0.3) is 0 Å². The van der Waals surface area contributed by atoms with Gasteiger partial charge in [0, 0.05) is 5.92 Å². The maximum absolute atomic E-state index is 10.4. The fourth-order valence-corrected chi connectivity index (χ4v) is 1.08. The Hall–Kier alpha value is -0.650. The Balaban J connectivity index is 4.23. The molecular weight excluding hydrogens is 162 g/mol. The van der Waals surface area contributed by atoms with Crippen LogP contribution in [-0.4, -0.2) is 40.0 Å². The highest BCUT2D eigenvalue weighted by molar-refractivity contribution is 5.73. The number of carbonyl (C=O) groups is 1. The molecule has 0 heterocycles. The predicted octanol–water partition coefficient (Wildman–Crippen LogP) is -1.22. The second-order valence-corrected chi connectivity index (χ2v) is 2.69. The van der Waals surface area contributed by atoms with Gasteiger partial charge in [-0.1, -0.05) is 6.92 Å². The number of nitrogens with two attached hydrogens (primary N) is 1. The summed E-state index contributed by atoms with van der Waals surface area (Å²) in [6.07, 6.45) is -0.629. The molecule has 0 amide bonds. The molecule has 0 fully saturated rings. The third-order valence-electron chi connectivity index (χ3n) is 1.90. The zero-order valence-corrected chi connectivity index (χ0v) is 6.97. The lowest BCUT2D eigenvalue weighted by Gasteiger charge is -2.22. The van der Waals surface area contributed by atoms with E-state index >= 15 is 0 Å². The molecule has 0 unspecified atom stereocenters. The van der Waals surface area contributed by atoms with Crippen LogP contribution in [0.3, 0.4) is 0 Å². The number of carboxylic acids is 1. The molecule has 0 spiro atoms. The third-order valence-corrected chi connectivity index (χ3v) is 1.90. The number of aliphatic carboxylic acids is 1. The van der Waals surface area contributed by atoms with Crippen LogP contribution >= 0.6 is 0 Å². The first kappa shape index (κ1) is 11.4. The summed E-state index contributed by atoms with van der Waals surface area (Å²) >= 11 is 0. The second-order valence-electron chi connectivity index (χ2n) is 2.69. The molecule has 5 N–H and O–H groups in total. The van der Waals surface area contributed by atoms with Crippen LogP contribution < -0.4 is 5.73 Å². The van der Waals surface area contributed by atoms with Gasteiger partial charge in [-0.15, -0.1) is 0 Å². The van der Waals surface area contributed by atoms with E-state index in [2.05, 4.69) is 0 Å². The molecule has 5 heteroatoms. The molecule has 0 aromatic heterocycles. The van der Waals surface area contributed by atoms with Gasteiger partial charge in [-0.3, -0.25) is 4.79 Å². The van der Waals surface area contributed by atoms with Gasteiger partial charge < -0.3 is 21.1 Å². The molecule has 0 rings (SSSR count). The SMILES string of the molecule is CC[C@H]([C@@H](O)CO)[C@@H](N)C(=O)O. The minimum Gasteiger partial charge on any atom is -0.480 e. The Morgan fingerprint density at radius 1 is 1.58 bits per heavy atom. The summed E-state index contributed by atoms with van der Waals surface area (Å²) in [7, 11) is 0. The third kappa shape index (κ3) is 2.77. The number of carboxylic acid groups (broad SMARTS) is 1. The summed E-state index contributed by atoms with van der Waals surface area (Å²) in [4.78, 5) is 10.4. The molecule has 0 saturated heterocycles. The molecule has 0 radical (unpaired) electrons. The van der Waals surface area contributed by atoms with Crippen molar-refractivity contribution in [2.24, 2.45) is 11.7 Å². The van der Waals surface area contributed by atoms with Gasteiger partial charge in [-0.2, -0.15) is 0 Å². The number of aliphatic hydroxyl groups is 2. The number of hydrogen-bond donors (Lipinski definition) is 4. The predicted molar refractivity (Wildman–Crippen MR) is 42.5 cm³/mol. The first-order chi connectivity index (χ1) is 5.54. The van der Waals surface area contributed by atoms with E-state index in [1.165, 1.54) is 0 Å². The molecule has 12 heavy (non-hydrogen) atoms. The van der Waals surface area contributed by atoms with Crippen molar-refractivity contribution in [3.8, 4) is 0 Å². The minimum absolute atomic E-state index is 0.426. The monoisotopic (exact) mass is 177 g/mol. The van der Waals surface area contributed by atoms with Crippen molar-refractivity contribution >= 4 is 5.97 Å². The van der Waals surface area contributed by atoms with Crippen molar-refractivity contribution < 1.29 is 20.1 Å². The standard InChI is InChI=1S/C7H15NO4/c1-2-4(5(10)3-9)6(8)7(11)12/h4-6,9-10H,2-3,8H2,1H3,(H,11,12)/t4-,5+,6-/m1/s1. The van der Waals surface area contributed by atoms with Crippen LogP contribution in [0.25, 0.3) is 0 Å².